The number of amides is 3. The van der Waals surface area contributed by atoms with E-state index in [0.717, 1.165) is 7.11 Å². The molecule has 3 aromatic rings. The first-order valence-corrected chi connectivity index (χ1v) is 15.4. The van der Waals surface area contributed by atoms with Gasteiger partial charge in [-0.05, 0) is 73.5 Å². The van der Waals surface area contributed by atoms with Crippen LogP contribution >= 0.6 is 0 Å². The number of carbonyl (C=O) groups is 4. The third-order valence-corrected chi connectivity index (χ3v) is 9.13. The van der Waals surface area contributed by atoms with Crippen LogP contribution in [0.3, 0.4) is 0 Å². The Morgan fingerprint density at radius 2 is 1.59 bits per heavy atom. The van der Waals surface area contributed by atoms with Crippen LogP contribution < -0.4 is 31.2 Å². The van der Waals surface area contributed by atoms with Gasteiger partial charge in [-0.3, -0.25) is 19.7 Å². The Balaban J connectivity index is 2.18. The molecule has 15 heteroatoms. The first kappa shape index (κ1) is 35.2. The summed E-state index contributed by atoms with van der Waals surface area (Å²) in [7, 11) is -0.00861. The van der Waals surface area contributed by atoms with Crippen molar-refractivity contribution in [2.24, 2.45) is 5.73 Å². The largest absolute Gasteiger partial charge is 0.493 e. The number of hydrogen-bond acceptors (Lipinski definition) is 10. The minimum Gasteiger partial charge on any atom is -0.493 e. The molecule has 0 spiro atoms. The first-order valence-electron chi connectivity index (χ1n) is 13.8. The molecule has 0 bridgehead atoms. The molecular weight excluding hydrogens is 620 g/mol. The van der Waals surface area contributed by atoms with Crippen molar-refractivity contribution in [3.63, 3.8) is 0 Å². The fourth-order valence-corrected chi connectivity index (χ4v) is 5.81. The summed E-state index contributed by atoms with van der Waals surface area (Å²) in [6, 6.07) is 12.0. The predicted molar refractivity (Wildman–Crippen MR) is 169 cm³/mol. The summed E-state index contributed by atoms with van der Waals surface area (Å²) in [4.78, 5) is 49.7. The van der Waals surface area contributed by atoms with E-state index in [9.17, 15) is 32.7 Å². The number of carbonyl (C=O) groups excluding carboxylic acids is 3. The van der Waals surface area contributed by atoms with Gasteiger partial charge in [0.25, 0.3) is 0 Å². The van der Waals surface area contributed by atoms with Gasteiger partial charge in [0.05, 0.1) is 43.9 Å². The Hall–Kier alpha value is -5.31. The normalized spacial score (nSPS) is 12.4. The lowest BCUT2D eigenvalue weighted by molar-refractivity contribution is -0.137. The minimum absolute atomic E-state index is 0.0693. The number of nitrogens with one attached hydrogen (secondary N) is 3. The SMILES string of the molecule is COC(=O)Nc1ccc(S(=O)(=O)C(C)C)c(C(CC(=O)O)NC(=O)C(Nc2cccc(C(N)=O)c2)c2ccc(OC)c(OC)c2)c1. The lowest BCUT2D eigenvalue weighted by atomic mass is 10.00. The molecule has 0 aliphatic heterocycles. The van der Waals surface area contributed by atoms with Crippen molar-refractivity contribution in [2.45, 2.75) is 42.5 Å². The van der Waals surface area contributed by atoms with E-state index < -0.39 is 57.5 Å². The van der Waals surface area contributed by atoms with E-state index >= 15 is 0 Å². The van der Waals surface area contributed by atoms with Crippen molar-refractivity contribution >= 4 is 45.1 Å². The summed E-state index contributed by atoms with van der Waals surface area (Å²) in [5.74, 6) is -2.13. The molecule has 3 rings (SSSR count). The summed E-state index contributed by atoms with van der Waals surface area (Å²) in [5.41, 5.74) is 6.32. The molecule has 0 aromatic heterocycles. The van der Waals surface area contributed by atoms with Gasteiger partial charge in [0.1, 0.15) is 6.04 Å². The molecule has 0 aliphatic carbocycles. The zero-order valence-corrected chi connectivity index (χ0v) is 26.6. The van der Waals surface area contributed by atoms with Gasteiger partial charge in [0, 0.05) is 16.9 Å². The van der Waals surface area contributed by atoms with Crippen molar-refractivity contribution in [1.29, 1.82) is 0 Å². The highest BCUT2D eigenvalue weighted by Crippen LogP contribution is 2.34. The van der Waals surface area contributed by atoms with Crippen LogP contribution in [0.4, 0.5) is 16.2 Å². The molecule has 0 heterocycles. The lowest BCUT2D eigenvalue weighted by Gasteiger charge is -2.26. The summed E-state index contributed by atoms with van der Waals surface area (Å²) in [6.45, 7) is 2.92. The second-order valence-electron chi connectivity index (χ2n) is 10.3. The Morgan fingerprint density at radius 1 is 0.891 bits per heavy atom. The molecule has 0 fully saturated rings. The van der Waals surface area contributed by atoms with E-state index in [1.54, 1.807) is 24.3 Å². The monoisotopic (exact) mass is 656 g/mol. The van der Waals surface area contributed by atoms with Gasteiger partial charge in [-0.25, -0.2) is 13.2 Å². The van der Waals surface area contributed by atoms with E-state index in [2.05, 4.69) is 20.7 Å². The van der Waals surface area contributed by atoms with Gasteiger partial charge in [0.2, 0.25) is 11.8 Å². The van der Waals surface area contributed by atoms with E-state index in [1.165, 1.54) is 64.5 Å². The summed E-state index contributed by atoms with van der Waals surface area (Å²) in [5, 5.41) is 17.1. The van der Waals surface area contributed by atoms with Gasteiger partial charge in [-0.1, -0.05) is 12.1 Å². The number of benzene rings is 3. The Kier molecular flexibility index (Phi) is 11.6. The quantitative estimate of drug-likeness (QED) is 0.169. The number of carboxylic acid groups (broad SMARTS) is 1. The highest BCUT2D eigenvalue weighted by atomic mass is 32.2. The Morgan fingerprint density at radius 3 is 2.17 bits per heavy atom. The Bertz CT molecular complexity index is 1730. The number of methoxy groups -OCH3 is 3. The van der Waals surface area contributed by atoms with E-state index in [0.29, 0.717) is 22.7 Å². The van der Waals surface area contributed by atoms with Gasteiger partial charge in [-0.2, -0.15) is 0 Å². The van der Waals surface area contributed by atoms with Crippen molar-refractivity contribution in [1.82, 2.24) is 5.32 Å². The van der Waals surface area contributed by atoms with Gasteiger partial charge < -0.3 is 35.7 Å². The number of hydrogen-bond donors (Lipinski definition) is 5. The standard InChI is InChI=1S/C31H36N4O10S/c1-17(2)46(41,42)26-12-10-21(34-31(40)45-5)15-22(26)23(16-27(36)37)35-30(39)28(18-9-11-24(43-3)25(14-18)44-4)33-20-8-6-7-19(13-20)29(32)38/h6-15,17,23,28,33H,16H2,1-5H3,(H2,32,38)(H,34,40)(H,35,39)(H,36,37). The molecular formula is C31H36N4O10S. The van der Waals surface area contributed by atoms with Crippen molar-refractivity contribution < 1.29 is 46.9 Å². The topological polar surface area (TPSA) is 212 Å². The second kappa shape index (κ2) is 15.1. The molecule has 46 heavy (non-hydrogen) atoms. The Labute approximate surface area is 266 Å². The van der Waals surface area contributed by atoms with Crippen molar-refractivity contribution in [3.8, 4) is 11.5 Å². The molecule has 2 atom stereocenters. The van der Waals surface area contributed by atoms with Crippen LogP contribution in [-0.2, 0) is 24.2 Å². The maximum atomic E-state index is 14.1. The van der Waals surface area contributed by atoms with Crippen LogP contribution in [0.2, 0.25) is 0 Å². The third kappa shape index (κ3) is 8.44. The van der Waals surface area contributed by atoms with Crippen molar-refractivity contribution in [2.75, 3.05) is 32.0 Å². The first-order chi connectivity index (χ1) is 21.7. The predicted octanol–water partition coefficient (Wildman–Crippen LogP) is 3.65. The number of aliphatic carboxylic acids is 1. The molecule has 3 amide bonds. The average Bonchev–Trinajstić information content (AvgIpc) is 3.02. The maximum Gasteiger partial charge on any atom is 0.411 e. The second-order valence-corrected chi connectivity index (χ2v) is 12.7. The van der Waals surface area contributed by atoms with Crippen LogP contribution in [0.15, 0.2) is 65.6 Å². The van der Waals surface area contributed by atoms with E-state index in [-0.39, 0.29) is 21.7 Å². The van der Waals surface area contributed by atoms with Crippen LogP contribution in [0.5, 0.6) is 11.5 Å². The number of ether oxygens (including phenoxy) is 3. The fourth-order valence-electron chi connectivity index (χ4n) is 4.51. The number of primary amides is 1. The number of rotatable bonds is 14. The number of carboxylic acids is 1. The van der Waals surface area contributed by atoms with Crippen LogP contribution in [-0.4, -0.2) is 64.0 Å². The molecule has 6 N–H and O–H groups in total. The van der Waals surface area contributed by atoms with Crippen LogP contribution in [0.1, 0.15) is 53.8 Å². The molecule has 14 nitrogen and oxygen atoms in total. The smallest absolute Gasteiger partial charge is 0.411 e. The van der Waals surface area contributed by atoms with Crippen LogP contribution in [0, 0.1) is 0 Å². The fraction of sp³-hybridized carbons (Fsp3) is 0.290. The molecule has 246 valence electrons. The minimum atomic E-state index is -4.00. The van der Waals surface area contributed by atoms with Gasteiger partial charge in [0.15, 0.2) is 21.3 Å². The van der Waals surface area contributed by atoms with E-state index in [4.69, 9.17) is 15.2 Å². The number of sulfone groups is 1. The van der Waals surface area contributed by atoms with Gasteiger partial charge in [-0.15, -0.1) is 0 Å². The van der Waals surface area contributed by atoms with Gasteiger partial charge >= 0.3 is 12.1 Å². The number of anilines is 2. The van der Waals surface area contributed by atoms with E-state index in [1.807, 2.05) is 0 Å². The summed E-state index contributed by atoms with van der Waals surface area (Å²) in [6.07, 6.45) is -1.57. The van der Waals surface area contributed by atoms with Crippen molar-refractivity contribution in [3.05, 3.63) is 77.4 Å². The highest BCUT2D eigenvalue weighted by Gasteiger charge is 2.32. The maximum absolute atomic E-state index is 14.1. The zero-order chi connectivity index (χ0) is 34.2. The molecule has 0 radical (unpaired) electrons. The molecule has 0 aliphatic rings. The number of nitrogens with two attached hydrogens (primary N) is 1. The zero-order valence-electron chi connectivity index (χ0n) is 25.8. The molecule has 3 aromatic carbocycles. The molecule has 0 saturated heterocycles. The summed E-state index contributed by atoms with van der Waals surface area (Å²) < 4.78 is 42.1. The third-order valence-electron chi connectivity index (χ3n) is 6.90. The highest BCUT2D eigenvalue weighted by molar-refractivity contribution is 7.92. The van der Waals surface area contributed by atoms with Crippen LogP contribution in [0.25, 0.3) is 0 Å². The molecule has 2 unspecified atom stereocenters. The lowest BCUT2D eigenvalue weighted by Crippen LogP contribution is -2.38. The molecule has 0 saturated carbocycles. The average molecular weight is 657 g/mol. The summed E-state index contributed by atoms with van der Waals surface area (Å²) >= 11 is 0.